The molecule has 3 aromatic rings. The van der Waals surface area contributed by atoms with Crippen LogP contribution in [0.3, 0.4) is 0 Å². The Morgan fingerprint density at radius 2 is 1.90 bits per heavy atom. The van der Waals surface area contributed by atoms with Gasteiger partial charge in [0, 0.05) is 52.9 Å². The van der Waals surface area contributed by atoms with Gasteiger partial charge in [-0.15, -0.1) is 17.9 Å². The molecule has 11 nitrogen and oxygen atoms in total. The number of allylic oxidation sites excluding steroid dienone is 1. The van der Waals surface area contributed by atoms with Crippen LogP contribution < -0.4 is 20.2 Å². The molecular formula is C39H57N5O6S2. The standard InChI is InChI=1S/C17H18N2O2S.C14H25NO2.C4H7NOS.C4H7NO/c1-9(2)13-8-22-17(19-13)12-7-14(20)11-5-6-15(21-4)10(3)16(11)18-12;1-4-5-6-7-11-17-13(3)14(16)15-10-8-9-12(15)2;6-3-5-7-4-1-2-4;6-3-5-4-1-2-4/h5-9H,1-4H3,(H,18,20);4,12-13H,1,5-11H2,2-3H3;3-4H,1-2H2,(H,5,6);3-4H,1-2H2,(H,5,6). The summed E-state index contributed by atoms with van der Waals surface area (Å²) in [6, 6.07) is 6.16. The third kappa shape index (κ3) is 14.0. The lowest BCUT2D eigenvalue weighted by atomic mass is 10.1. The van der Waals surface area contributed by atoms with Crippen LogP contribution in [0.25, 0.3) is 21.6 Å². The van der Waals surface area contributed by atoms with Crippen molar-refractivity contribution in [2.24, 2.45) is 0 Å². The van der Waals surface area contributed by atoms with Crippen molar-refractivity contribution >= 4 is 52.9 Å². The van der Waals surface area contributed by atoms with E-state index >= 15 is 0 Å². The molecule has 2 unspecified atom stereocenters. The summed E-state index contributed by atoms with van der Waals surface area (Å²) in [7, 11) is 1.63. The van der Waals surface area contributed by atoms with Gasteiger partial charge in [0.25, 0.3) is 5.91 Å². The van der Waals surface area contributed by atoms with Crippen LogP contribution in [0.15, 0.2) is 41.0 Å². The molecule has 2 aliphatic carbocycles. The Kier molecular flexibility index (Phi) is 18.4. The summed E-state index contributed by atoms with van der Waals surface area (Å²) in [4.78, 5) is 53.5. The van der Waals surface area contributed by atoms with E-state index in [9.17, 15) is 19.2 Å². The highest BCUT2D eigenvalue weighted by Crippen LogP contribution is 2.31. The lowest BCUT2D eigenvalue weighted by molar-refractivity contribution is -0.143. The number of methoxy groups -OCH3 is 1. The zero-order valence-electron chi connectivity index (χ0n) is 31.6. The van der Waals surface area contributed by atoms with Crippen molar-refractivity contribution in [3.63, 3.8) is 0 Å². The number of hydrogen-bond donors (Lipinski definition) is 3. The van der Waals surface area contributed by atoms with Gasteiger partial charge < -0.3 is 29.4 Å². The number of hydrogen-bond acceptors (Lipinski definition) is 9. The number of nitrogens with one attached hydrogen (secondary N) is 3. The lowest BCUT2D eigenvalue weighted by Gasteiger charge is -2.25. The smallest absolute Gasteiger partial charge is 0.251 e. The van der Waals surface area contributed by atoms with Crippen LogP contribution in [0.4, 0.5) is 0 Å². The van der Waals surface area contributed by atoms with E-state index in [4.69, 9.17) is 9.47 Å². The molecule has 2 aromatic heterocycles. The normalized spacial score (nSPS) is 16.7. The number of nitrogens with zero attached hydrogens (tertiary/aromatic N) is 2. The van der Waals surface area contributed by atoms with E-state index < -0.39 is 0 Å². The van der Waals surface area contributed by atoms with Gasteiger partial charge in [0.2, 0.25) is 12.8 Å². The number of aryl methyl sites for hydroxylation is 1. The molecule has 3 heterocycles. The Bertz CT molecular complexity index is 1630. The monoisotopic (exact) mass is 755 g/mol. The fourth-order valence-electron chi connectivity index (χ4n) is 5.32. The number of rotatable bonds is 15. The van der Waals surface area contributed by atoms with E-state index in [-0.39, 0.29) is 17.4 Å². The number of unbranched alkanes of at least 4 members (excludes halogenated alkanes) is 2. The third-order valence-corrected chi connectivity index (χ3v) is 10.8. The van der Waals surface area contributed by atoms with E-state index in [1.165, 1.54) is 37.6 Å². The van der Waals surface area contributed by atoms with Crippen molar-refractivity contribution in [2.45, 2.75) is 122 Å². The number of carbonyl (C=O) groups is 3. The molecule has 286 valence electrons. The van der Waals surface area contributed by atoms with E-state index in [0.29, 0.717) is 30.0 Å². The summed E-state index contributed by atoms with van der Waals surface area (Å²) in [5, 5.41) is 6.92. The van der Waals surface area contributed by atoms with Crippen LogP contribution in [-0.2, 0) is 19.1 Å². The number of pyridine rings is 1. The van der Waals surface area contributed by atoms with Crippen molar-refractivity contribution in [1.82, 2.24) is 24.9 Å². The molecule has 0 radical (unpaired) electrons. The molecular weight excluding hydrogens is 699 g/mol. The molecule has 3 N–H and O–H groups in total. The van der Waals surface area contributed by atoms with Crippen LogP contribution in [0.2, 0.25) is 0 Å². The maximum absolute atomic E-state index is 12.4. The lowest BCUT2D eigenvalue weighted by Crippen LogP contribution is -2.41. The fourth-order valence-corrected chi connectivity index (χ4v) is 6.89. The van der Waals surface area contributed by atoms with E-state index in [2.05, 4.69) is 47.4 Å². The van der Waals surface area contributed by atoms with Gasteiger partial charge >= 0.3 is 0 Å². The van der Waals surface area contributed by atoms with E-state index in [0.717, 1.165) is 89.9 Å². The molecule has 1 saturated heterocycles. The quantitative estimate of drug-likeness (QED) is 0.0636. The van der Waals surface area contributed by atoms with Gasteiger partial charge in [-0.25, -0.2) is 4.98 Å². The molecule has 2 saturated carbocycles. The molecule has 1 aromatic carbocycles. The molecule has 3 aliphatic rings. The Hall–Kier alpha value is -3.68. The van der Waals surface area contributed by atoms with Gasteiger partial charge in [0.1, 0.15) is 16.9 Å². The third-order valence-electron chi connectivity index (χ3n) is 8.82. The van der Waals surface area contributed by atoms with Crippen molar-refractivity contribution in [1.29, 1.82) is 0 Å². The second-order valence-electron chi connectivity index (χ2n) is 13.5. The van der Waals surface area contributed by atoms with Gasteiger partial charge in [0.15, 0.2) is 5.43 Å². The van der Waals surface area contributed by atoms with Crippen LogP contribution in [-0.4, -0.2) is 77.3 Å². The van der Waals surface area contributed by atoms with Gasteiger partial charge in [-0.1, -0.05) is 19.9 Å². The molecule has 0 spiro atoms. The summed E-state index contributed by atoms with van der Waals surface area (Å²) < 4.78 is 13.5. The highest BCUT2D eigenvalue weighted by Gasteiger charge is 2.28. The number of fused-ring (bicyclic) bond motifs is 1. The van der Waals surface area contributed by atoms with Crippen LogP contribution in [0, 0.1) is 6.92 Å². The fraction of sp³-hybridized carbons (Fsp3) is 0.564. The molecule has 0 bridgehead atoms. The number of thiazole rings is 1. The summed E-state index contributed by atoms with van der Waals surface area (Å²) >= 11 is 3.08. The number of carbonyl (C=O) groups excluding carboxylic acids is 3. The summed E-state index contributed by atoms with van der Waals surface area (Å²) in [6.45, 7) is 15.4. The Labute approximate surface area is 316 Å². The van der Waals surface area contributed by atoms with E-state index in [1.807, 2.05) is 36.3 Å². The molecule has 3 fully saturated rings. The van der Waals surface area contributed by atoms with Crippen molar-refractivity contribution in [2.75, 3.05) is 20.3 Å². The number of ether oxygens (including phenoxy) is 2. The zero-order valence-corrected chi connectivity index (χ0v) is 33.2. The van der Waals surface area contributed by atoms with Crippen molar-refractivity contribution in [3.8, 4) is 16.5 Å². The SMILES string of the molecule is C=CCCCCOC(C)C(=O)N1CCCC1C.COc1ccc2c(=O)cc(-c3nc(C(C)C)cs3)[nH]c2c1C.O=CNC1CC1.O=CNSC1CC1. The Morgan fingerprint density at radius 1 is 1.15 bits per heavy atom. The number of aromatic nitrogens is 2. The zero-order chi connectivity index (χ0) is 38.0. The number of H-pyrrole nitrogens is 1. The number of benzene rings is 1. The van der Waals surface area contributed by atoms with Crippen LogP contribution in [0.5, 0.6) is 5.75 Å². The van der Waals surface area contributed by atoms with Crippen molar-refractivity contribution in [3.05, 3.63) is 57.7 Å². The van der Waals surface area contributed by atoms with Crippen molar-refractivity contribution < 1.29 is 23.9 Å². The average Bonchev–Trinajstić information content (AvgIpc) is 4.05. The maximum Gasteiger partial charge on any atom is 0.251 e. The first-order valence-corrected chi connectivity index (χ1v) is 20.0. The Morgan fingerprint density at radius 3 is 2.44 bits per heavy atom. The minimum Gasteiger partial charge on any atom is -0.496 e. The minimum absolute atomic E-state index is 0.00389. The first-order valence-electron chi connectivity index (χ1n) is 18.3. The van der Waals surface area contributed by atoms with Gasteiger partial charge in [-0.3, -0.25) is 19.2 Å². The predicted octanol–water partition coefficient (Wildman–Crippen LogP) is 7.29. The largest absolute Gasteiger partial charge is 0.496 e. The second kappa shape index (κ2) is 22.4. The predicted molar refractivity (Wildman–Crippen MR) is 213 cm³/mol. The molecule has 3 amide bonds. The highest BCUT2D eigenvalue weighted by molar-refractivity contribution is 7.98. The van der Waals surface area contributed by atoms with Crippen LogP contribution >= 0.6 is 23.3 Å². The maximum atomic E-state index is 12.4. The number of amides is 3. The summed E-state index contributed by atoms with van der Waals surface area (Å²) in [5.41, 5.74) is 3.53. The highest BCUT2D eigenvalue weighted by atomic mass is 32.2. The summed E-state index contributed by atoms with van der Waals surface area (Å²) in [6.07, 6.45) is 13.4. The molecule has 13 heteroatoms. The minimum atomic E-state index is -0.292. The first kappa shape index (κ1) is 42.7. The topological polar surface area (TPSA) is 143 Å². The molecule has 2 atom stereocenters. The first-order chi connectivity index (χ1) is 25.0. The van der Waals surface area contributed by atoms with E-state index in [1.54, 1.807) is 30.6 Å². The van der Waals surface area contributed by atoms with Crippen LogP contribution in [0.1, 0.15) is 103 Å². The number of aromatic amines is 1. The molecule has 6 rings (SSSR count). The number of likely N-dealkylation sites (tertiary alicyclic amines) is 1. The Balaban J connectivity index is 0.000000212. The summed E-state index contributed by atoms with van der Waals surface area (Å²) in [5.74, 6) is 1.29. The molecule has 1 aliphatic heterocycles. The second-order valence-corrected chi connectivity index (χ2v) is 15.5. The van der Waals surface area contributed by atoms with Gasteiger partial charge in [-0.05, 0) is 109 Å². The molecule has 52 heavy (non-hydrogen) atoms. The van der Waals surface area contributed by atoms with Gasteiger partial charge in [-0.2, -0.15) is 0 Å². The van der Waals surface area contributed by atoms with Gasteiger partial charge in [0.05, 0.1) is 24.0 Å². The average molecular weight is 756 g/mol.